The zero-order valence-corrected chi connectivity index (χ0v) is 20.2. The van der Waals surface area contributed by atoms with E-state index in [0.717, 1.165) is 17.5 Å². The van der Waals surface area contributed by atoms with Crippen LogP contribution in [0.1, 0.15) is 33.0 Å². The van der Waals surface area contributed by atoms with Crippen LogP contribution >= 0.6 is 11.6 Å². The summed E-state index contributed by atoms with van der Waals surface area (Å²) < 4.78 is 67.1. The number of pyridine rings is 1. The number of rotatable bonds is 6. The van der Waals surface area contributed by atoms with E-state index < -0.39 is 27.7 Å². The highest BCUT2D eigenvalue weighted by atomic mass is 35.5. The minimum atomic E-state index is -4.53. The Labute approximate surface area is 209 Å². The third-order valence-electron chi connectivity index (χ3n) is 5.20. The Hall–Kier alpha value is -3.70. The minimum Gasteiger partial charge on any atom is -0.308 e. The van der Waals surface area contributed by atoms with E-state index >= 15 is 0 Å². The Morgan fingerprint density at radius 1 is 1.08 bits per heavy atom. The van der Waals surface area contributed by atoms with Crippen molar-refractivity contribution in [3.05, 3.63) is 99.3 Å². The summed E-state index contributed by atoms with van der Waals surface area (Å²) in [7, 11) is -4.11. The van der Waals surface area contributed by atoms with Crippen LogP contribution in [0, 0.1) is 6.92 Å². The zero-order chi connectivity index (χ0) is 26.1. The van der Waals surface area contributed by atoms with Gasteiger partial charge in [-0.25, -0.2) is 23.1 Å². The number of aromatic nitrogens is 3. The van der Waals surface area contributed by atoms with Crippen molar-refractivity contribution < 1.29 is 26.4 Å². The predicted molar refractivity (Wildman–Crippen MR) is 130 cm³/mol. The van der Waals surface area contributed by atoms with Crippen LogP contribution in [-0.2, 0) is 22.7 Å². The lowest BCUT2D eigenvalue weighted by Gasteiger charge is -2.12. The number of carbonyl (C=O) groups is 1. The number of amides is 1. The van der Waals surface area contributed by atoms with Crippen LogP contribution in [0.15, 0.2) is 66.1 Å². The molecule has 36 heavy (non-hydrogen) atoms. The molecule has 0 aliphatic rings. The van der Waals surface area contributed by atoms with Gasteiger partial charge in [0.2, 0.25) is 0 Å². The molecule has 186 valence electrons. The monoisotopic (exact) mass is 534 g/mol. The van der Waals surface area contributed by atoms with Gasteiger partial charge in [0.05, 0.1) is 17.5 Å². The summed E-state index contributed by atoms with van der Waals surface area (Å²) in [5.41, 5.74) is 0.627. The molecule has 0 aliphatic carbocycles. The van der Waals surface area contributed by atoms with Crippen molar-refractivity contribution in [3.63, 3.8) is 0 Å². The maximum atomic E-state index is 13.0. The van der Waals surface area contributed by atoms with E-state index in [1.54, 1.807) is 41.8 Å². The van der Waals surface area contributed by atoms with Crippen LogP contribution in [0.4, 0.5) is 13.2 Å². The van der Waals surface area contributed by atoms with Crippen molar-refractivity contribution in [1.29, 1.82) is 0 Å². The fraction of sp³-hybridized carbons (Fsp3) is 0.125. The van der Waals surface area contributed by atoms with Crippen molar-refractivity contribution in [2.75, 3.05) is 0 Å². The summed E-state index contributed by atoms with van der Waals surface area (Å²) in [6, 6.07) is 14.5. The SMILES string of the molecule is Cc1nc2ccc(C(=O)NS(=O)(=O)/C=C/c3ccccc3)nc2n1Cc1ccc(C(F)(F)F)cc1Cl. The molecule has 0 atom stereocenters. The highest BCUT2D eigenvalue weighted by molar-refractivity contribution is 7.93. The average Bonchev–Trinajstić information content (AvgIpc) is 3.13. The van der Waals surface area contributed by atoms with Gasteiger partial charge in [-0.1, -0.05) is 48.0 Å². The highest BCUT2D eigenvalue weighted by Crippen LogP contribution is 2.32. The van der Waals surface area contributed by atoms with Crippen LogP contribution in [0.5, 0.6) is 0 Å². The van der Waals surface area contributed by atoms with Gasteiger partial charge >= 0.3 is 6.18 Å². The Bertz CT molecular complexity index is 1580. The fourth-order valence-corrected chi connectivity index (χ4v) is 4.41. The number of aryl methyl sites for hydroxylation is 1. The molecule has 2 heterocycles. The standard InChI is InChI=1S/C24H18ClF3N4O3S/c1-15-29-20-9-10-21(23(33)31-36(34,35)12-11-16-5-3-2-4-6-16)30-22(20)32(15)14-17-7-8-18(13-19(17)25)24(26,27)28/h2-13H,14H2,1H3,(H,31,33)/b12-11+. The molecule has 4 aromatic rings. The molecular formula is C24H18ClF3N4O3S. The summed E-state index contributed by atoms with van der Waals surface area (Å²) in [6.45, 7) is 1.70. The molecule has 1 amide bonds. The van der Waals surface area contributed by atoms with E-state index in [0.29, 0.717) is 22.5 Å². The molecule has 0 unspecified atom stereocenters. The van der Waals surface area contributed by atoms with Crippen LogP contribution in [0.25, 0.3) is 17.2 Å². The first-order valence-electron chi connectivity index (χ1n) is 10.4. The smallest absolute Gasteiger partial charge is 0.308 e. The topological polar surface area (TPSA) is 93.9 Å². The number of hydrogen-bond acceptors (Lipinski definition) is 5. The molecule has 0 saturated heterocycles. The van der Waals surface area contributed by atoms with Gasteiger partial charge in [0.1, 0.15) is 17.0 Å². The molecule has 12 heteroatoms. The van der Waals surface area contributed by atoms with Gasteiger partial charge in [0, 0.05) is 5.02 Å². The van der Waals surface area contributed by atoms with Gasteiger partial charge in [-0.3, -0.25) is 4.79 Å². The number of alkyl halides is 3. The quantitative estimate of drug-likeness (QED) is 0.367. The molecule has 0 aliphatic heterocycles. The number of hydrogen-bond donors (Lipinski definition) is 1. The Morgan fingerprint density at radius 3 is 2.47 bits per heavy atom. The highest BCUT2D eigenvalue weighted by Gasteiger charge is 2.31. The molecule has 0 radical (unpaired) electrons. The molecule has 1 N–H and O–H groups in total. The summed E-state index contributed by atoms with van der Waals surface area (Å²) in [5.74, 6) is -0.475. The van der Waals surface area contributed by atoms with Crippen molar-refractivity contribution >= 4 is 44.8 Å². The van der Waals surface area contributed by atoms with E-state index in [4.69, 9.17) is 11.6 Å². The van der Waals surface area contributed by atoms with Crippen LogP contribution in [0.3, 0.4) is 0 Å². The normalized spacial score (nSPS) is 12.4. The molecule has 0 fully saturated rings. The number of nitrogens with one attached hydrogen (secondary N) is 1. The third kappa shape index (κ3) is 5.74. The van der Waals surface area contributed by atoms with Gasteiger partial charge in [-0.2, -0.15) is 13.2 Å². The number of carbonyl (C=O) groups excluding carboxylic acids is 1. The van der Waals surface area contributed by atoms with Crippen molar-refractivity contribution in [1.82, 2.24) is 19.3 Å². The fourth-order valence-electron chi connectivity index (χ4n) is 3.40. The average molecular weight is 535 g/mol. The predicted octanol–water partition coefficient (Wildman–Crippen LogP) is 5.19. The lowest BCUT2D eigenvalue weighted by molar-refractivity contribution is -0.137. The lowest BCUT2D eigenvalue weighted by atomic mass is 10.1. The zero-order valence-electron chi connectivity index (χ0n) is 18.6. The van der Waals surface area contributed by atoms with Gasteiger partial charge in [0.15, 0.2) is 5.65 Å². The van der Waals surface area contributed by atoms with Gasteiger partial charge in [-0.15, -0.1) is 0 Å². The van der Waals surface area contributed by atoms with Crippen LogP contribution in [-0.4, -0.2) is 28.9 Å². The molecule has 7 nitrogen and oxygen atoms in total. The first-order chi connectivity index (χ1) is 16.9. The summed E-state index contributed by atoms with van der Waals surface area (Å²) >= 11 is 6.09. The number of sulfonamides is 1. The van der Waals surface area contributed by atoms with Gasteiger partial charge in [-0.05, 0) is 48.4 Å². The van der Waals surface area contributed by atoms with Crippen molar-refractivity contribution in [2.45, 2.75) is 19.6 Å². The van der Waals surface area contributed by atoms with Crippen LogP contribution < -0.4 is 4.72 Å². The number of imidazole rings is 1. The first kappa shape index (κ1) is 25.4. The number of benzene rings is 2. The molecule has 2 aromatic heterocycles. The summed E-state index contributed by atoms with van der Waals surface area (Å²) in [4.78, 5) is 21.2. The molecule has 2 aromatic carbocycles. The van der Waals surface area contributed by atoms with E-state index in [2.05, 4.69) is 9.97 Å². The second-order valence-corrected chi connectivity index (χ2v) is 9.75. The minimum absolute atomic E-state index is 0.0372. The molecule has 4 rings (SSSR count). The van der Waals surface area contributed by atoms with E-state index in [9.17, 15) is 26.4 Å². The maximum absolute atomic E-state index is 13.0. The largest absolute Gasteiger partial charge is 0.416 e. The second kappa shape index (κ2) is 9.75. The summed E-state index contributed by atoms with van der Waals surface area (Å²) in [5, 5.41) is 0.788. The van der Waals surface area contributed by atoms with E-state index in [1.165, 1.54) is 24.3 Å². The summed E-state index contributed by atoms with van der Waals surface area (Å²) in [6.07, 6.45) is -3.18. The molecule has 0 spiro atoms. The third-order valence-corrected chi connectivity index (χ3v) is 6.51. The number of halogens is 4. The van der Waals surface area contributed by atoms with Crippen molar-refractivity contribution in [3.8, 4) is 0 Å². The lowest BCUT2D eigenvalue weighted by Crippen LogP contribution is -2.29. The molecular weight excluding hydrogens is 517 g/mol. The Kier molecular flexibility index (Phi) is 6.87. The first-order valence-corrected chi connectivity index (χ1v) is 12.4. The Balaban J connectivity index is 1.59. The second-order valence-electron chi connectivity index (χ2n) is 7.78. The Morgan fingerprint density at radius 2 is 1.81 bits per heavy atom. The molecule has 0 bridgehead atoms. The van der Waals surface area contributed by atoms with Gasteiger partial charge in [0.25, 0.3) is 15.9 Å². The van der Waals surface area contributed by atoms with E-state index in [-0.39, 0.29) is 22.9 Å². The number of nitrogens with zero attached hydrogens (tertiary/aromatic N) is 3. The van der Waals surface area contributed by atoms with Gasteiger partial charge < -0.3 is 4.57 Å². The van der Waals surface area contributed by atoms with E-state index in [1.807, 2.05) is 4.72 Å². The number of fused-ring (bicyclic) bond motifs is 1. The maximum Gasteiger partial charge on any atom is 0.416 e. The van der Waals surface area contributed by atoms with Crippen molar-refractivity contribution in [2.24, 2.45) is 0 Å². The van der Waals surface area contributed by atoms with Crippen LogP contribution in [0.2, 0.25) is 5.02 Å². The molecule has 0 saturated carbocycles.